The summed E-state index contributed by atoms with van der Waals surface area (Å²) in [5.41, 5.74) is 0.0722. The Morgan fingerprint density at radius 1 is 1.21 bits per heavy atom. The van der Waals surface area contributed by atoms with E-state index in [0.29, 0.717) is 0 Å². The Kier molecular flexibility index (Phi) is 7.47. The molecule has 28 heavy (non-hydrogen) atoms. The van der Waals surface area contributed by atoms with Crippen molar-refractivity contribution in [2.24, 2.45) is 0 Å². The Balaban J connectivity index is 2.27. The minimum atomic E-state index is -3.84. The molecule has 2 rings (SSSR count). The molecule has 12 heteroatoms. The molecule has 0 aliphatic heterocycles. The third-order valence-electron chi connectivity index (χ3n) is 3.61. The number of hydrogen-bond donors (Lipinski definition) is 1. The fraction of sp³-hybridized carbons (Fsp3) is 0.375. The number of nitrogens with zero attached hydrogens (tertiary/aromatic N) is 3. The van der Waals surface area contributed by atoms with Crippen LogP contribution in [0.3, 0.4) is 0 Å². The van der Waals surface area contributed by atoms with Crippen molar-refractivity contribution in [2.45, 2.75) is 25.7 Å². The number of halogens is 1. The summed E-state index contributed by atoms with van der Waals surface area (Å²) < 4.78 is 31.5. The lowest BCUT2D eigenvalue weighted by Crippen LogP contribution is -2.31. The van der Waals surface area contributed by atoms with Crippen LogP contribution in [0.25, 0.3) is 0 Å². The number of sulfonamides is 1. The highest BCUT2D eigenvalue weighted by molar-refractivity contribution is 7.89. The molecule has 0 fully saturated rings. The van der Waals surface area contributed by atoms with Crippen LogP contribution in [0.5, 0.6) is 0 Å². The predicted octanol–water partition coefficient (Wildman–Crippen LogP) is 2.65. The van der Waals surface area contributed by atoms with Gasteiger partial charge in [0.15, 0.2) is 0 Å². The molecule has 0 spiro atoms. The quantitative estimate of drug-likeness (QED) is 0.619. The van der Waals surface area contributed by atoms with Crippen molar-refractivity contribution in [3.05, 3.63) is 33.8 Å². The van der Waals surface area contributed by atoms with Gasteiger partial charge in [0, 0.05) is 18.7 Å². The van der Waals surface area contributed by atoms with Gasteiger partial charge in [-0.2, -0.15) is 4.31 Å². The van der Waals surface area contributed by atoms with Gasteiger partial charge in [0.25, 0.3) is 5.91 Å². The first kappa shape index (κ1) is 22.2. The van der Waals surface area contributed by atoms with Crippen LogP contribution < -0.4 is 5.32 Å². The first-order valence-electron chi connectivity index (χ1n) is 8.36. The van der Waals surface area contributed by atoms with Gasteiger partial charge in [-0.05, 0) is 25.1 Å². The third-order valence-corrected chi connectivity index (χ3v) is 6.96. The summed E-state index contributed by atoms with van der Waals surface area (Å²) in [6.45, 7) is 5.81. The maximum atomic E-state index is 12.7. The van der Waals surface area contributed by atoms with Gasteiger partial charge in [-0.25, -0.2) is 13.2 Å². The highest BCUT2D eigenvalue weighted by Crippen LogP contribution is 2.26. The minimum Gasteiger partial charge on any atom is -0.461 e. The Morgan fingerprint density at radius 2 is 1.89 bits per heavy atom. The molecule has 0 radical (unpaired) electrons. The zero-order chi connectivity index (χ0) is 20.9. The second-order valence-electron chi connectivity index (χ2n) is 5.32. The molecule has 1 aromatic carbocycles. The lowest BCUT2D eigenvalue weighted by atomic mass is 10.2. The SMILES string of the molecule is CCOC(=O)c1nnc(NC(=O)c2ccc(Cl)c(S(=O)(=O)N(CC)CC)c2)s1. The van der Waals surface area contributed by atoms with Gasteiger partial charge < -0.3 is 4.74 Å². The molecule has 0 aliphatic rings. The number of esters is 1. The lowest BCUT2D eigenvalue weighted by molar-refractivity contribution is 0.0525. The van der Waals surface area contributed by atoms with E-state index in [4.69, 9.17) is 16.3 Å². The van der Waals surface area contributed by atoms with E-state index < -0.39 is 21.9 Å². The Hall–Kier alpha value is -2.08. The number of carbonyl (C=O) groups excluding carboxylic acids is 2. The molecule has 1 heterocycles. The largest absolute Gasteiger partial charge is 0.461 e. The van der Waals surface area contributed by atoms with Gasteiger partial charge >= 0.3 is 5.97 Å². The van der Waals surface area contributed by atoms with Crippen LogP contribution in [0.2, 0.25) is 5.02 Å². The number of rotatable bonds is 8. The maximum Gasteiger partial charge on any atom is 0.369 e. The number of hydrogen-bond acceptors (Lipinski definition) is 8. The zero-order valence-corrected chi connectivity index (χ0v) is 17.8. The van der Waals surface area contributed by atoms with Crippen LogP contribution >= 0.6 is 22.9 Å². The first-order chi connectivity index (χ1) is 13.2. The summed E-state index contributed by atoms with van der Waals surface area (Å²) in [5, 5.41) is 9.94. The third kappa shape index (κ3) is 4.85. The van der Waals surface area contributed by atoms with Crippen LogP contribution in [0.15, 0.2) is 23.1 Å². The van der Waals surface area contributed by atoms with Crippen molar-refractivity contribution in [3.8, 4) is 0 Å². The van der Waals surface area contributed by atoms with E-state index in [-0.39, 0.29) is 45.3 Å². The maximum absolute atomic E-state index is 12.7. The van der Waals surface area contributed by atoms with Crippen LogP contribution in [0.4, 0.5) is 5.13 Å². The average Bonchev–Trinajstić information content (AvgIpc) is 3.11. The van der Waals surface area contributed by atoms with Crippen LogP contribution in [-0.2, 0) is 14.8 Å². The summed E-state index contributed by atoms with van der Waals surface area (Å²) in [6, 6.07) is 3.95. The normalized spacial score (nSPS) is 11.5. The van der Waals surface area contributed by atoms with E-state index in [0.717, 1.165) is 11.3 Å². The molecule has 0 saturated heterocycles. The summed E-state index contributed by atoms with van der Waals surface area (Å²) in [6.07, 6.45) is 0. The molecule has 0 aliphatic carbocycles. The zero-order valence-electron chi connectivity index (χ0n) is 15.4. The van der Waals surface area contributed by atoms with Crippen molar-refractivity contribution in [1.82, 2.24) is 14.5 Å². The molecule has 0 bridgehead atoms. The molecule has 0 saturated carbocycles. The van der Waals surface area contributed by atoms with Crippen molar-refractivity contribution in [3.63, 3.8) is 0 Å². The van der Waals surface area contributed by atoms with E-state index in [1.54, 1.807) is 20.8 Å². The number of benzene rings is 1. The number of anilines is 1. The summed E-state index contributed by atoms with van der Waals surface area (Å²) >= 11 is 6.91. The summed E-state index contributed by atoms with van der Waals surface area (Å²) in [7, 11) is -3.84. The van der Waals surface area contributed by atoms with E-state index in [9.17, 15) is 18.0 Å². The van der Waals surface area contributed by atoms with Crippen molar-refractivity contribution in [1.29, 1.82) is 0 Å². The molecule has 1 amide bonds. The van der Waals surface area contributed by atoms with Gasteiger partial charge in [0.05, 0.1) is 11.6 Å². The number of amides is 1. The van der Waals surface area contributed by atoms with Crippen LogP contribution in [-0.4, -0.2) is 54.5 Å². The van der Waals surface area contributed by atoms with E-state index in [1.165, 1.54) is 22.5 Å². The Bertz CT molecular complexity index is 973. The molecule has 0 unspecified atom stereocenters. The topological polar surface area (TPSA) is 119 Å². The molecule has 2 aromatic rings. The first-order valence-corrected chi connectivity index (χ1v) is 11.0. The van der Waals surface area contributed by atoms with Gasteiger partial charge in [-0.3, -0.25) is 10.1 Å². The fourth-order valence-electron chi connectivity index (χ4n) is 2.26. The van der Waals surface area contributed by atoms with E-state index >= 15 is 0 Å². The predicted molar refractivity (Wildman–Crippen MR) is 105 cm³/mol. The van der Waals surface area contributed by atoms with E-state index in [1.807, 2.05) is 0 Å². The van der Waals surface area contributed by atoms with Crippen LogP contribution in [0, 0.1) is 0 Å². The second kappa shape index (κ2) is 9.41. The monoisotopic (exact) mass is 446 g/mol. The number of ether oxygens (including phenoxy) is 1. The smallest absolute Gasteiger partial charge is 0.369 e. The summed E-state index contributed by atoms with van der Waals surface area (Å²) in [5.74, 6) is -1.25. The highest BCUT2D eigenvalue weighted by Gasteiger charge is 2.26. The standard InChI is InChI=1S/C16H19ClN4O5S2/c1-4-21(5-2)28(24,25)12-9-10(7-8-11(12)17)13(22)18-16-20-19-14(27-16)15(23)26-6-3/h7-9H,4-6H2,1-3H3,(H,18,20,22). The second-order valence-corrected chi connectivity index (χ2v) is 8.61. The van der Waals surface area contributed by atoms with Crippen molar-refractivity contribution < 1.29 is 22.7 Å². The molecule has 1 N–H and O–H groups in total. The van der Waals surface area contributed by atoms with Crippen LogP contribution in [0.1, 0.15) is 40.9 Å². The minimum absolute atomic E-state index is 0.00180. The van der Waals surface area contributed by atoms with Crippen molar-refractivity contribution in [2.75, 3.05) is 25.0 Å². The summed E-state index contributed by atoms with van der Waals surface area (Å²) in [4.78, 5) is 23.9. The number of aromatic nitrogens is 2. The molecule has 1 aromatic heterocycles. The number of nitrogens with one attached hydrogen (secondary N) is 1. The number of carbonyl (C=O) groups is 2. The Morgan fingerprint density at radius 3 is 2.50 bits per heavy atom. The van der Waals surface area contributed by atoms with Gasteiger partial charge in [0.1, 0.15) is 4.90 Å². The van der Waals surface area contributed by atoms with Gasteiger partial charge in [-0.15, -0.1) is 10.2 Å². The average molecular weight is 447 g/mol. The highest BCUT2D eigenvalue weighted by atomic mass is 35.5. The Labute approximate surface area is 171 Å². The molecular weight excluding hydrogens is 428 g/mol. The molecule has 9 nitrogen and oxygen atoms in total. The van der Waals surface area contributed by atoms with Gasteiger partial charge in [0.2, 0.25) is 20.2 Å². The van der Waals surface area contributed by atoms with E-state index in [2.05, 4.69) is 15.5 Å². The van der Waals surface area contributed by atoms with Gasteiger partial charge in [-0.1, -0.05) is 36.8 Å². The van der Waals surface area contributed by atoms with Crippen molar-refractivity contribution >= 4 is 50.0 Å². The molecule has 0 atom stereocenters. The molecular formula is C16H19ClN4O5S2. The lowest BCUT2D eigenvalue weighted by Gasteiger charge is -2.19. The fourth-order valence-corrected chi connectivity index (χ4v) is 4.85. The molecule has 152 valence electrons.